The number of ether oxygens (including phenoxy) is 2. The van der Waals surface area contributed by atoms with Gasteiger partial charge in [0.2, 0.25) is 0 Å². The molecule has 4 N–H and O–H groups in total. The summed E-state index contributed by atoms with van der Waals surface area (Å²) in [6.45, 7) is 0.424. The van der Waals surface area contributed by atoms with Gasteiger partial charge in [0.15, 0.2) is 11.5 Å². The zero-order chi connectivity index (χ0) is 13.8. The Balaban J connectivity index is 1.97. The maximum absolute atomic E-state index is 12.0. The number of benzene rings is 1. The zero-order valence-corrected chi connectivity index (χ0v) is 10.8. The highest BCUT2D eigenvalue weighted by molar-refractivity contribution is 5.94. The molecular formula is C13H18N2O4. The maximum Gasteiger partial charge on any atom is 0.253 e. The summed E-state index contributed by atoms with van der Waals surface area (Å²) in [5.41, 5.74) is 6.00. The minimum atomic E-state index is -0.474. The molecule has 1 heterocycles. The highest BCUT2D eigenvalue weighted by Gasteiger charge is 2.29. The van der Waals surface area contributed by atoms with Gasteiger partial charge in [-0.25, -0.2) is 0 Å². The molecule has 2 unspecified atom stereocenters. The van der Waals surface area contributed by atoms with E-state index in [9.17, 15) is 9.90 Å². The Kier molecular flexibility index (Phi) is 4.24. The number of methoxy groups -OCH3 is 1. The van der Waals surface area contributed by atoms with Crippen molar-refractivity contribution in [2.24, 2.45) is 5.73 Å². The van der Waals surface area contributed by atoms with Crippen LogP contribution < -0.4 is 15.8 Å². The predicted molar refractivity (Wildman–Crippen MR) is 70.2 cm³/mol. The van der Waals surface area contributed by atoms with Gasteiger partial charge >= 0.3 is 0 Å². The topological polar surface area (TPSA) is 93.8 Å². The molecule has 6 heteroatoms. The van der Waals surface area contributed by atoms with Gasteiger partial charge in [-0.1, -0.05) is 0 Å². The van der Waals surface area contributed by atoms with E-state index in [1.165, 1.54) is 13.2 Å². The monoisotopic (exact) mass is 266 g/mol. The van der Waals surface area contributed by atoms with Crippen LogP contribution in [0.4, 0.5) is 5.69 Å². The average Bonchev–Trinajstić information content (AvgIpc) is 2.88. The number of hydrogen-bond donors (Lipinski definition) is 3. The van der Waals surface area contributed by atoms with E-state index in [0.29, 0.717) is 24.4 Å². The van der Waals surface area contributed by atoms with E-state index in [0.717, 1.165) is 6.42 Å². The third-order valence-corrected chi connectivity index (χ3v) is 3.11. The standard InChI is InChI=1S/C13H18N2O4/c1-18-11-4-2-8(6-10(11)16)15-13(17)12-5-3-9(7-14)19-12/h2,4,6,9,12,16H,3,5,7,14H2,1H3,(H,15,17). The van der Waals surface area contributed by atoms with Crippen molar-refractivity contribution in [1.82, 2.24) is 0 Å². The lowest BCUT2D eigenvalue weighted by atomic mass is 10.2. The van der Waals surface area contributed by atoms with Gasteiger partial charge in [0, 0.05) is 18.3 Å². The smallest absolute Gasteiger partial charge is 0.253 e. The third-order valence-electron chi connectivity index (χ3n) is 3.11. The fourth-order valence-electron chi connectivity index (χ4n) is 2.06. The summed E-state index contributed by atoms with van der Waals surface area (Å²) in [6, 6.07) is 4.68. The third kappa shape index (κ3) is 3.15. The van der Waals surface area contributed by atoms with Gasteiger partial charge in [-0.05, 0) is 25.0 Å². The van der Waals surface area contributed by atoms with Crippen LogP contribution in [-0.4, -0.2) is 36.9 Å². The van der Waals surface area contributed by atoms with Crippen molar-refractivity contribution in [3.63, 3.8) is 0 Å². The van der Waals surface area contributed by atoms with Crippen molar-refractivity contribution in [1.29, 1.82) is 0 Å². The zero-order valence-electron chi connectivity index (χ0n) is 10.8. The number of carbonyl (C=O) groups is 1. The van der Waals surface area contributed by atoms with Gasteiger partial charge in [-0.2, -0.15) is 0 Å². The van der Waals surface area contributed by atoms with E-state index >= 15 is 0 Å². The number of nitrogens with two attached hydrogens (primary N) is 1. The number of phenols is 1. The molecule has 104 valence electrons. The molecule has 0 bridgehead atoms. The van der Waals surface area contributed by atoms with Crippen molar-refractivity contribution in [3.8, 4) is 11.5 Å². The second-order valence-electron chi connectivity index (χ2n) is 4.44. The van der Waals surface area contributed by atoms with Crippen LogP contribution >= 0.6 is 0 Å². The fraction of sp³-hybridized carbons (Fsp3) is 0.462. The summed E-state index contributed by atoms with van der Waals surface area (Å²) in [5.74, 6) is 0.117. The molecular weight excluding hydrogens is 248 g/mol. The summed E-state index contributed by atoms with van der Waals surface area (Å²) in [4.78, 5) is 12.0. The molecule has 2 rings (SSSR count). The molecule has 2 atom stereocenters. The Labute approximate surface area is 111 Å². The van der Waals surface area contributed by atoms with Crippen molar-refractivity contribution in [2.75, 3.05) is 19.0 Å². The number of carbonyl (C=O) groups excluding carboxylic acids is 1. The minimum Gasteiger partial charge on any atom is -0.504 e. The van der Waals surface area contributed by atoms with Gasteiger partial charge < -0.3 is 25.6 Å². The number of rotatable bonds is 4. The fourth-order valence-corrected chi connectivity index (χ4v) is 2.06. The van der Waals surface area contributed by atoms with Gasteiger partial charge in [0.25, 0.3) is 5.91 Å². The lowest BCUT2D eigenvalue weighted by Crippen LogP contribution is -2.29. The molecule has 6 nitrogen and oxygen atoms in total. The second kappa shape index (κ2) is 5.90. The quantitative estimate of drug-likeness (QED) is 0.751. The predicted octanol–water partition coefficient (Wildman–Crippen LogP) is 0.846. The first-order chi connectivity index (χ1) is 9.13. The Morgan fingerprint density at radius 2 is 2.37 bits per heavy atom. The first-order valence-corrected chi connectivity index (χ1v) is 6.17. The number of hydrogen-bond acceptors (Lipinski definition) is 5. The Bertz CT molecular complexity index is 464. The highest BCUT2D eigenvalue weighted by Crippen LogP contribution is 2.29. The number of amides is 1. The van der Waals surface area contributed by atoms with E-state index in [-0.39, 0.29) is 17.8 Å². The van der Waals surface area contributed by atoms with Gasteiger partial charge in [0.1, 0.15) is 6.10 Å². The van der Waals surface area contributed by atoms with Crippen LogP contribution in [0.15, 0.2) is 18.2 Å². The van der Waals surface area contributed by atoms with Crippen LogP contribution in [0.3, 0.4) is 0 Å². The number of nitrogens with one attached hydrogen (secondary N) is 1. The Hall–Kier alpha value is -1.79. The normalized spacial score (nSPS) is 22.2. The van der Waals surface area contributed by atoms with E-state index in [4.69, 9.17) is 15.2 Å². The number of phenolic OH excluding ortho intramolecular Hbond substituents is 1. The van der Waals surface area contributed by atoms with E-state index < -0.39 is 6.10 Å². The first kappa shape index (κ1) is 13.6. The van der Waals surface area contributed by atoms with E-state index in [1.54, 1.807) is 12.1 Å². The molecule has 1 fully saturated rings. The van der Waals surface area contributed by atoms with Crippen molar-refractivity contribution >= 4 is 11.6 Å². The van der Waals surface area contributed by atoms with Crippen molar-refractivity contribution < 1.29 is 19.4 Å². The molecule has 0 spiro atoms. The molecule has 0 radical (unpaired) electrons. The number of aromatic hydroxyl groups is 1. The highest BCUT2D eigenvalue weighted by atomic mass is 16.5. The molecule has 19 heavy (non-hydrogen) atoms. The van der Waals surface area contributed by atoms with Crippen LogP contribution in [0.1, 0.15) is 12.8 Å². The number of anilines is 1. The van der Waals surface area contributed by atoms with Crippen LogP contribution in [0.5, 0.6) is 11.5 Å². The molecule has 1 aromatic rings. The van der Waals surface area contributed by atoms with Crippen molar-refractivity contribution in [3.05, 3.63) is 18.2 Å². The average molecular weight is 266 g/mol. The van der Waals surface area contributed by atoms with Crippen molar-refractivity contribution in [2.45, 2.75) is 25.0 Å². The lowest BCUT2D eigenvalue weighted by molar-refractivity contribution is -0.126. The summed E-state index contributed by atoms with van der Waals surface area (Å²) in [7, 11) is 1.46. The summed E-state index contributed by atoms with van der Waals surface area (Å²) in [5, 5.41) is 12.3. The Morgan fingerprint density at radius 1 is 1.58 bits per heavy atom. The molecule has 1 saturated heterocycles. The lowest BCUT2D eigenvalue weighted by Gasteiger charge is -2.13. The molecule has 0 aliphatic carbocycles. The van der Waals surface area contributed by atoms with Crippen LogP contribution in [0.2, 0.25) is 0 Å². The summed E-state index contributed by atoms with van der Waals surface area (Å²) < 4.78 is 10.4. The van der Waals surface area contributed by atoms with Gasteiger partial charge in [0.05, 0.1) is 13.2 Å². The summed E-state index contributed by atoms with van der Waals surface area (Å²) >= 11 is 0. The van der Waals surface area contributed by atoms with Gasteiger partial charge in [-0.3, -0.25) is 4.79 Å². The SMILES string of the molecule is COc1ccc(NC(=O)C2CCC(CN)O2)cc1O. The largest absolute Gasteiger partial charge is 0.504 e. The van der Waals surface area contributed by atoms with Gasteiger partial charge in [-0.15, -0.1) is 0 Å². The molecule has 0 saturated carbocycles. The van der Waals surface area contributed by atoms with E-state index in [1.807, 2.05) is 0 Å². The molecule has 0 aromatic heterocycles. The van der Waals surface area contributed by atoms with Crippen LogP contribution in [-0.2, 0) is 9.53 Å². The summed E-state index contributed by atoms with van der Waals surface area (Å²) in [6.07, 6.45) is 0.941. The minimum absolute atomic E-state index is 0.0209. The molecule has 1 aliphatic heterocycles. The van der Waals surface area contributed by atoms with E-state index in [2.05, 4.69) is 5.32 Å². The first-order valence-electron chi connectivity index (χ1n) is 6.17. The maximum atomic E-state index is 12.0. The molecule has 1 amide bonds. The van der Waals surface area contributed by atoms with Crippen LogP contribution in [0, 0.1) is 0 Å². The van der Waals surface area contributed by atoms with Crippen LogP contribution in [0.25, 0.3) is 0 Å². The second-order valence-corrected chi connectivity index (χ2v) is 4.44. The molecule has 1 aromatic carbocycles. The Morgan fingerprint density at radius 3 is 2.95 bits per heavy atom. The molecule has 1 aliphatic rings.